The number of para-hydroxylation sites is 1. The van der Waals surface area contributed by atoms with E-state index < -0.39 is 38.4 Å². The summed E-state index contributed by atoms with van der Waals surface area (Å²) in [6, 6.07) is 7.16. The zero-order valence-corrected chi connectivity index (χ0v) is 25.6. The summed E-state index contributed by atoms with van der Waals surface area (Å²) >= 11 is 0. The van der Waals surface area contributed by atoms with Crippen LogP contribution in [0.3, 0.4) is 0 Å². The summed E-state index contributed by atoms with van der Waals surface area (Å²) in [6.45, 7) is 8.68. The van der Waals surface area contributed by atoms with Crippen molar-refractivity contribution in [3.05, 3.63) is 36.7 Å². The molecule has 0 spiro atoms. The first-order valence-electron chi connectivity index (χ1n) is 13.9. The number of carbonyl (C=O) groups is 1. The molecule has 0 bridgehead atoms. The van der Waals surface area contributed by atoms with Crippen LogP contribution in [0, 0.1) is 5.92 Å². The average molecular weight is 608 g/mol. The Labute approximate surface area is 244 Å². The van der Waals surface area contributed by atoms with Crippen molar-refractivity contribution in [1.29, 1.82) is 0 Å². The van der Waals surface area contributed by atoms with E-state index in [-0.39, 0.29) is 30.1 Å². The van der Waals surface area contributed by atoms with Crippen LogP contribution in [0.15, 0.2) is 36.7 Å². The number of hydrogen-bond donors (Lipinski definition) is 2. The number of esters is 1. The number of imidazole rings is 1. The van der Waals surface area contributed by atoms with Gasteiger partial charge in [0.15, 0.2) is 17.0 Å². The first-order chi connectivity index (χ1) is 19.8. The van der Waals surface area contributed by atoms with Crippen molar-refractivity contribution in [2.45, 2.75) is 71.7 Å². The summed E-state index contributed by atoms with van der Waals surface area (Å²) in [4.78, 5) is 27.5. The molecule has 1 aliphatic heterocycles. The summed E-state index contributed by atoms with van der Waals surface area (Å²) in [7, 11) is -2.41. The molecule has 4 rings (SSSR count). The number of nitrogens with zero attached hydrogens (tertiary/aromatic N) is 5. The third kappa shape index (κ3) is 7.35. The molecule has 0 radical (unpaired) electrons. The smallest absolute Gasteiger partial charge is 0.459 e. The van der Waals surface area contributed by atoms with Crippen LogP contribution >= 0.6 is 7.75 Å². The van der Waals surface area contributed by atoms with E-state index in [1.54, 1.807) is 48.7 Å². The van der Waals surface area contributed by atoms with Crippen LogP contribution < -0.4 is 20.2 Å². The van der Waals surface area contributed by atoms with Gasteiger partial charge in [-0.2, -0.15) is 15.1 Å². The van der Waals surface area contributed by atoms with Gasteiger partial charge in [-0.15, -0.1) is 0 Å². The van der Waals surface area contributed by atoms with E-state index in [1.165, 1.54) is 13.3 Å². The van der Waals surface area contributed by atoms with E-state index >= 15 is 4.39 Å². The van der Waals surface area contributed by atoms with Gasteiger partial charge in [-0.05, 0) is 39.3 Å². The van der Waals surface area contributed by atoms with Gasteiger partial charge in [0, 0.05) is 25.9 Å². The molecule has 0 saturated carbocycles. The number of carbonyl (C=O) groups excluding carboxylic acids is 1. The zero-order valence-electron chi connectivity index (χ0n) is 24.7. The maximum absolute atomic E-state index is 16.2. The number of alkyl halides is 1. The monoisotopic (exact) mass is 607 g/mol. The topological polar surface area (TPSA) is 156 Å². The number of fused-ring (bicyclic) bond motifs is 1. The Bertz CT molecular complexity index is 1430. The number of anilines is 2. The molecular weight excluding hydrogens is 568 g/mol. The molecular formula is C27H39FN7O6P. The van der Waals surface area contributed by atoms with Crippen molar-refractivity contribution < 1.29 is 32.3 Å². The predicted octanol–water partition coefficient (Wildman–Crippen LogP) is 4.61. The summed E-state index contributed by atoms with van der Waals surface area (Å²) in [5.41, 5.74) is 6.92. The number of benzene rings is 1. The SMILES string of the molecule is CCCN(C)c1nc(N)nc2c1ncn2[C@@H]1O[C@](F)(CO[P@@](=O)(N[C@@H](C)C(=O)OC(C)C)Oc2ccccc2)C[C@@H]1C. The minimum absolute atomic E-state index is 0.0536. The molecule has 2 aromatic heterocycles. The maximum Gasteiger partial charge on any atom is 0.459 e. The normalized spacial score (nSPS) is 22.7. The molecule has 1 fully saturated rings. The molecule has 3 heterocycles. The minimum atomic E-state index is -4.29. The fraction of sp³-hybridized carbons (Fsp3) is 0.556. The molecule has 0 unspecified atom stereocenters. The molecule has 1 saturated heterocycles. The van der Waals surface area contributed by atoms with E-state index in [0.717, 1.165) is 13.0 Å². The molecule has 3 N–H and O–H groups in total. The summed E-state index contributed by atoms with van der Waals surface area (Å²) in [5.74, 6) is -2.54. The molecule has 230 valence electrons. The van der Waals surface area contributed by atoms with Gasteiger partial charge in [0.25, 0.3) is 0 Å². The second kappa shape index (κ2) is 12.9. The highest BCUT2D eigenvalue weighted by Gasteiger charge is 2.49. The first kappa shape index (κ1) is 31.6. The lowest BCUT2D eigenvalue weighted by Crippen LogP contribution is -2.37. The number of rotatable bonds is 13. The van der Waals surface area contributed by atoms with Crippen molar-refractivity contribution >= 4 is 36.6 Å². The summed E-state index contributed by atoms with van der Waals surface area (Å²) in [6.07, 6.45) is 1.11. The number of halogens is 1. The zero-order chi connectivity index (χ0) is 30.7. The second-order valence-electron chi connectivity index (χ2n) is 10.7. The van der Waals surface area contributed by atoms with Gasteiger partial charge in [-0.25, -0.2) is 13.9 Å². The van der Waals surface area contributed by atoms with Crippen LogP contribution in [-0.2, 0) is 23.4 Å². The lowest BCUT2D eigenvalue weighted by atomic mass is 10.1. The number of nitrogen functional groups attached to an aromatic ring is 1. The molecule has 15 heteroatoms. The van der Waals surface area contributed by atoms with Gasteiger partial charge in [-0.3, -0.25) is 13.9 Å². The highest BCUT2D eigenvalue weighted by Crippen LogP contribution is 2.49. The second-order valence-corrected chi connectivity index (χ2v) is 12.4. The lowest BCUT2D eigenvalue weighted by Gasteiger charge is -2.26. The first-order valence-corrected chi connectivity index (χ1v) is 15.4. The molecule has 5 atom stereocenters. The maximum atomic E-state index is 16.2. The van der Waals surface area contributed by atoms with Gasteiger partial charge in [-0.1, -0.05) is 32.0 Å². The van der Waals surface area contributed by atoms with Crippen molar-refractivity contribution in [3.63, 3.8) is 0 Å². The van der Waals surface area contributed by atoms with E-state index in [0.29, 0.717) is 17.0 Å². The van der Waals surface area contributed by atoms with E-state index in [2.05, 4.69) is 20.0 Å². The number of hydrogen-bond acceptors (Lipinski definition) is 11. The average Bonchev–Trinajstić information content (AvgIpc) is 3.47. The van der Waals surface area contributed by atoms with Crippen molar-refractivity contribution in [1.82, 2.24) is 24.6 Å². The Hall–Kier alpha value is -3.32. The van der Waals surface area contributed by atoms with Gasteiger partial charge in [0.1, 0.15) is 24.6 Å². The molecule has 1 aliphatic rings. The molecule has 0 amide bonds. The third-order valence-electron chi connectivity index (χ3n) is 6.54. The highest BCUT2D eigenvalue weighted by atomic mass is 31.2. The fourth-order valence-corrected chi connectivity index (χ4v) is 6.24. The Kier molecular flexibility index (Phi) is 9.71. The van der Waals surface area contributed by atoms with Crippen LogP contribution in [0.5, 0.6) is 5.75 Å². The van der Waals surface area contributed by atoms with Gasteiger partial charge in [0.2, 0.25) is 11.8 Å². The van der Waals surface area contributed by atoms with Crippen molar-refractivity contribution in [2.24, 2.45) is 5.92 Å². The number of nitrogens with one attached hydrogen (secondary N) is 1. The van der Waals surface area contributed by atoms with Gasteiger partial charge in [0.05, 0.1) is 12.4 Å². The van der Waals surface area contributed by atoms with Crippen LogP contribution in [0.2, 0.25) is 0 Å². The standard InChI is InChI=1S/C27H39FN7O6P/c1-7-13-34(6)22-21-23(32-26(29)31-22)35(16-30-21)24-18(4)14-27(28,40-24)15-38-42(37,41-20-11-9-8-10-12-20)33-19(5)25(36)39-17(2)3/h8-12,16-19,24H,7,13-15H2,1-6H3,(H,33,37)(H2,29,31,32)/t18-,19-,24+,27-,42-/m0/s1. The number of aromatic nitrogens is 4. The third-order valence-corrected chi connectivity index (χ3v) is 8.16. The predicted molar refractivity (Wildman–Crippen MR) is 155 cm³/mol. The van der Waals surface area contributed by atoms with Crippen molar-refractivity contribution in [2.75, 3.05) is 30.8 Å². The van der Waals surface area contributed by atoms with Gasteiger partial charge >= 0.3 is 13.7 Å². The largest absolute Gasteiger partial charge is 0.462 e. The molecule has 3 aromatic rings. The van der Waals surface area contributed by atoms with E-state index in [4.69, 9.17) is 24.3 Å². The summed E-state index contributed by atoms with van der Waals surface area (Å²) < 4.78 is 53.9. The fourth-order valence-electron chi connectivity index (χ4n) is 4.71. The molecule has 13 nitrogen and oxygen atoms in total. The summed E-state index contributed by atoms with van der Waals surface area (Å²) in [5, 5.41) is 2.56. The Morgan fingerprint density at radius 2 is 2.02 bits per heavy atom. The molecule has 1 aromatic carbocycles. The van der Waals surface area contributed by atoms with E-state index in [1.807, 2.05) is 25.8 Å². The van der Waals surface area contributed by atoms with Crippen LogP contribution in [0.4, 0.5) is 16.2 Å². The van der Waals surface area contributed by atoms with Crippen LogP contribution in [0.1, 0.15) is 53.7 Å². The van der Waals surface area contributed by atoms with Crippen molar-refractivity contribution in [3.8, 4) is 5.75 Å². The lowest BCUT2D eigenvalue weighted by molar-refractivity contribution is -0.173. The number of ether oxygens (including phenoxy) is 2. The Morgan fingerprint density at radius 3 is 2.69 bits per heavy atom. The molecule has 42 heavy (non-hydrogen) atoms. The van der Waals surface area contributed by atoms with Crippen LogP contribution in [0.25, 0.3) is 11.2 Å². The quantitative estimate of drug-likeness (QED) is 0.206. The van der Waals surface area contributed by atoms with E-state index in [9.17, 15) is 9.36 Å². The Morgan fingerprint density at radius 1 is 1.31 bits per heavy atom. The highest BCUT2D eigenvalue weighted by molar-refractivity contribution is 7.52. The van der Waals surface area contributed by atoms with Crippen LogP contribution in [-0.4, -0.2) is 63.7 Å². The molecule has 0 aliphatic carbocycles. The minimum Gasteiger partial charge on any atom is -0.462 e. The van der Waals surface area contributed by atoms with Gasteiger partial charge < -0.3 is 24.6 Å². The number of nitrogens with two attached hydrogens (primary N) is 1. The Balaban J connectivity index is 1.54.